The second-order valence-electron chi connectivity index (χ2n) is 4.39. The van der Waals surface area contributed by atoms with Crippen LogP contribution in [0.4, 0.5) is 14.5 Å². The Hall–Kier alpha value is -2.10. The van der Waals surface area contributed by atoms with Crippen LogP contribution in [0.1, 0.15) is 18.1 Å². The summed E-state index contributed by atoms with van der Waals surface area (Å²) in [7, 11) is 0. The van der Waals surface area contributed by atoms with Crippen molar-refractivity contribution in [2.45, 2.75) is 26.5 Å². The predicted octanol–water partition coefficient (Wildman–Crippen LogP) is 4.46. The van der Waals surface area contributed by atoms with Crippen molar-refractivity contribution in [2.75, 3.05) is 5.32 Å². The molecule has 1 N–H and O–H groups in total. The molecule has 0 saturated heterocycles. The smallest absolute Gasteiger partial charge is 0.387 e. The molecule has 0 aliphatic rings. The number of aryl methyl sites for hydroxylation is 1. The van der Waals surface area contributed by atoms with Crippen molar-refractivity contribution in [1.29, 1.82) is 0 Å². The van der Waals surface area contributed by atoms with E-state index in [-0.39, 0.29) is 5.75 Å². The fourth-order valence-corrected chi connectivity index (χ4v) is 1.92. The minimum absolute atomic E-state index is 0.208. The molecule has 0 fully saturated rings. The van der Waals surface area contributed by atoms with E-state index >= 15 is 0 Å². The second-order valence-corrected chi connectivity index (χ2v) is 4.39. The number of anilines is 1. The standard InChI is InChI=1S/C16H17F2NO/c1-2-12-7-9-14(10-8-12)19-11-13-5-3-4-6-15(13)20-16(17)18/h3-10,16,19H,2,11H2,1H3. The summed E-state index contributed by atoms with van der Waals surface area (Å²) in [5.41, 5.74) is 2.92. The molecule has 106 valence electrons. The molecule has 4 heteroatoms. The quantitative estimate of drug-likeness (QED) is 0.841. The SMILES string of the molecule is CCc1ccc(NCc2ccccc2OC(F)F)cc1. The van der Waals surface area contributed by atoms with Gasteiger partial charge in [-0.05, 0) is 30.2 Å². The van der Waals surface area contributed by atoms with E-state index in [0.717, 1.165) is 12.1 Å². The van der Waals surface area contributed by atoms with E-state index in [4.69, 9.17) is 0 Å². The van der Waals surface area contributed by atoms with Crippen LogP contribution in [0.25, 0.3) is 0 Å². The van der Waals surface area contributed by atoms with E-state index in [1.54, 1.807) is 24.3 Å². The van der Waals surface area contributed by atoms with Gasteiger partial charge in [-0.1, -0.05) is 37.3 Å². The highest BCUT2D eigenvalue weighted by Gasteiger charge is 2.08. The number of halogens is 2. The number of benzene rings is 2. The molecule has 0 unspecified atom stereocenters. The van der Waals surface area contributed by atoms with E-state index in [9.17, 15) is 8.78 Å². The lowest BCUT2D eigenvalue weighted by atomic mass is 10.1. The topological polar surface area (TPSA) is 21.3 Å². The van der Waals surface area contributed by atoms with Crippen LogP contribution in [0.2, 0.25) is 0 Å². The number of para-hydroxylation sites is 1. The second kappa shape index (κ2) is 6.89. The fraction of sp³-hybridized carbons (Fsp3) is 0.250. The van der Waals surface area contributed by atoms with Gasteiger partial charge < -0.3 is 10.1 Å². The van der Waals surface area contributed by atoms with Gasteiger partial charge >= 0.3 is 6.61 Å². The molecule has 20 heavy (non-hydrogen) atoms. The van der Waals surface area contributed by atoms with Crippen LogP contribution in [0, 0.1) is 0 Å². The molecule has 0 aromatic heterocycles. The lowest BCUT2D eigenvalue weighted by molar-refractivity contribution is -0.0504. The number of ether oxygens (including phenoxy) is 1. The summed E-state index contributed by atoms with van der Waals surface area (Å²) in [6, 6.07) is 14.8. The maximum absolute atomic E-state index is 12.3. The molecule has 0 bridgehead atoms. The molecule has 2 nitrogen and oxygen atoms in total. The maximum Gasteiger partial charge on any atom is 0.387 e. The highest BCUT2D eigenvalue weighted by atomic mass is 19.3. The molecule has 0 aliphatic carbocycles. The fourth-order valence-electron chi connectivity index (χ4n) is 1.92. The van der Waals surface area contributed by atoms with Crippen molar-refractivity contribution in [1.82, 2.24) is 0 Å². The van der Waals surface area contributed by atoms with Gasteiger partial charge in [-0.2, -0.15) is 8.78 Å². The molecule has 0 heterocycles. The van der Waals surface area contributed by atoms with Crippen LogP contribution in [0.3, 0.4) is 0 Å². The summed E-state index contributed by atoms with van der Waals surface area (Å²) in [6.07, 6.45) is 0.991. The van der Waals surface area contributed by atoms with Crippen molar-refractivity contribution in [3.63, 3.8) is 0 Å². The average molecular weight is 277 g/mol. The Kier molecular flexibility index (Phi) is 4.93. The Balaban J connectivity index is 2.02. The lowest BCUT2D eigenvalue weighted by Gasteiger charge is -2.12. The third-order valence-corrected chi connectivity index (χ3v) is 3.03. The Labute approximate surface area is 117 Å². The minimum atomic E-state index is -2.81. The van der Waals surface area contributed by atoms with Crippen LogP contribution >= 0.6 is 0 Å². The normalized spacial score (nSPS) is 10.6. The number of hydrogen-bond acceptors (Lipinski definition) is 2. The molecule has 0 saturated carbocycles. The maximum atomic E-state index is 12.3. The van der Waals surface area contributed by atoms with Crippen LogP contribution in [0.15, 0.2) is 48.5 Å². The average Bonchev–Trinajstić information content (AvgIpc) is 2.46. The van der Waals surface area contributed by atoms with Crippen molar-refractivity contribution >= 4 is 5.69 Å². The van der Waals surface area contributed by atoms with Gasteiger partial charge in [0.15, 0.2) is 0 Å². The molecule has 0 radical (unpaired) electrons. The van der Waals surface area contributed by atoms with E-state index in [1.807, 2.05) is 24.3 Å². The molecular formula is C16H17F2NO. The molecule has 0 atom stereocenters. The van der Waals surface area contributed by atoms with Crippen LogP contribution in [0.5, 0.6) is 5.75 Å². The van der Waals surface area contributed by atoms with Crippen LogP contribution < -0.4 is 10.1 Å². The summed E-state index contributed by atoms with van der Waals surface area (Å²) in [5.74, 6) is 0.208. The first kappa shape index (κ1) is 14.3. The first-order valence-corrected chi connectivity index (χ1v) is 6.54. The first-order valence-electron chi connectivity index (χ1n) is 6.54. The van der Waals surface area contributed by atoms with Crippen LogP contribution in [-0.2, 0) is 13.0 Å². The first-order chi connectivity index (χ1) is 9.69. The monoisotopic (exact) mass is 277 g/mol. The highest BCUT2D eigenvalue weighted by Crippen LogP contribution is 2.21. The number of alkyl halides is 2. The zero-order chi connectivity index (χ0) is 14.4. The summed E-state index contributed by atoms with van der Waals surface area (Å²) in [6.45, 7) is -0.269. The van der Waals surface area contributed by atoms with Crippen LogP contribution in [-0.4, -0.2) is 6.61 Å². The largest absolute Gasteiger partial charge is 0.434 e. The van der Waals surface area contributed by atoms with Crippen molar-refractivity contribution in [2.24, 2.45) is 0 Å². The Morgan fingerprint density at radius 3 is 2.40 bits per heavy atom. The third-order valence-electron chi connectivity index (χ3n) is 3.03. The van der Waals surface area contributed by atoms with Gasteiger partial charge in [0.05, 0.1) is 0 Å². The molecule has 2 aromatic rings. The highest BCUT2D eigenvalue weighted by molar-refractivity contribution is 5.46. The number of rotatable bonds is 6. The zero-order valence-corrected chi connectivity index (χ0v) is 11.3. The lowest BCUT2D eigenvalue weighted by Crippen LogP contribution is -2.07. The van der Waals surface area contributed by atoms with Gasteiger partial charge in [0.1, 0.15) is 5.75 Å². The van der Waals surface area contributed by atoms with Gasteiger partial charge in [0.25, 0.3) is 0 Å². The van der Waals surface area contributed by atoms with Crippen molar-refractivity contribution in [3.05, 3.63) is 59.7 Å². The molecule has 2 aromatic carbocycles. The summed E-state index contributed by atoms with van der Waals surface area (Å²) in [5, 5.41) is 3.20. The molecule has 2 rings (SSSR count). The number of hydrogen-bond donors (Lipinski definition) is 1. The van der Waals surface area contributed by atoms with Gasteiger partial charge in [-0.15, -0.1) is 0 Å². The molecule has 0 aliphatic heterocycles. The molecule has 0 amide bonds. The van der Waals surface area contributed by atoms with Crippen molar-refractivity contribution in [3.8, 4) is 5.75 Å². The van der Waals surface area contributed by atoms with Gasteiger partial charge in [-0.25, -0.2) is 0 Å². The van der Waals surface area contributed by atoms with E-state index in [0.29, 0.717) is 12.1 Å². The summed E-state index contributed by atoms with van der Waals surface area (Å²) in [4.78, 5) is 0. The van der Waals surface area contributed by atoms with E-state index in [1.165, 1.54) is 5.56 Å². The predicted molar refractivity (Wildman–Crippen MR) is 76.2 cm³/mol. The van der Waals surface area contributed by atoms with Gasteiger partial charge in [-0.3, -0.25) is 0 Å². The van der Waals surface area contributed by atoms with Gasteiger partial charge in [0, 0.05) is 17.8 Å². The van der Waals surface area contributed by atoms with E-state index in [2.05, 4.69) is 17.0 Å². The van der Waals surface area contributed by atoms with E-state index < -0.39 is 6.61 Å². The Morgan fingerprint density at radius 1 is 1.05 bits per heavy atom. The Morgan fingerprint density at radius 2 is 1.75 bits per heavy atom. The van der Waals surface area contributed by atoms with Gasteiger partial charge in [0.2, 0.25) is 0 Å². The third kappa shape index (κ3) is 3.95. The summed E-state index contributed by atoms with van der Waals surface area (Å²) >= 11 is 0. The molecule has 0 spiro atoms. The number of nitrogens with one attached hydrogen (secondary N) is 1. The molecular weight excluding hydrogens is 260 g/mol. The summed E-state index contributed by atoms with van der Waals surface area (Å²) < 4.78 is 29.1. The van der Waals surface area contributed by atoms with Crippen molar-refractivity contribution < 1.29 is 13.5 Å². The zero-order valence-electron chi connectivity index (χ0n) is 11.3. The Bertz CT molecular complexity index is 540. The minimum Gasteiger partial charge on any atom is -0.434 e.